The van der Waals surface area contributed by atoms with Crippen LogP contribution in [-0.2, 0) is 12.7 Å². The predicted octanol–water partition coefficient (Wildman–Crippen LogP) is 6.69. The van der Waals surface area contributed by atoms with E-state index in [1.807, 2.05) is 31.2 Å². The van der Waals surface area contributed by atoms with Crippen molar-refractivity contribution in [2.75, 3.05) is 10.5 Å². The van der Waals surface area contributed by atoms with Gasteiger partial charge in [-0.3, -0.25) is 0 Å². The molecule has 0 fully saturated rings. The monoisotopic (exact) mass is 403 g/mol. The molecule has 0 radical (unpaired) electrons. The van der Waals surface area contributed by atoms with Gasteiger partial charge in [-0.2, -0.15) is 18.4 Å². The summed E-state index contributed by atoms with van der Waals surface area (Å²) in [5, 5.41) is 10.3. The minimum Gasteiger partial charge on any atom is -0.340 e. The summed E-state index contributed by atoms with van der Waals surface area (Å²) in [7, 11) is 0. The highest BCUT2D eigenvalue weighted by molar-refractivity contribution is 8.00. The molecular formula is C21H20F3N3S. The molecule has 1 aromatic heterocycles. The lowest BCUT2D eigenvalue weighted by Crippen LogP contribution is -2.05. The molecule has 28 heavy (non-hydrogen) atoms. The molecule has 0 bridgehead atoms. The number of fused-ring (bicyclic) bond motifs is 1. The van der Waals surface area contributed by atoms with E-state index in [0.29, 0.717) is 28.7 Å². The second-order valence-corrected chi connectivity index (χ2v) is 7.24. The summed E-state index contributed by atoms with van der Waals surface area (Å²) >= 11 is 1.59. The molecule has 0 unspecified atom stereocenters. The first kappa shape index (κ1) is 20.2. The highest BCUT2D eigenvalue weighted by Crippen LogP contribution is 2.38. The number of aromatic nitrogens is 1. The van der Waals surface area contributed by atoms with Crippen molar-refractivity contribution < 1.29 is 13.2 Å². The van der Waals surface area contributed by atoms with E-state index < -0.39 is 11.7 Å². The van der Waals surface area contributed by atoms with Crippen molar-refractivity contribution in [3.63, 3.8) is 0 Å². The van der Waals surface area contributed by atoms with Gasteiger partial charge in [-0.15, -0.1) is 0 Å². The lowest BCUT2D eigenvalue weighted by atomic mass is 10.0. The van der Waals surface area contributed by atoms with E-state index in [-0.39, 0.29) is 0 Å². The van der Waals surface area contributed by atoms with Crippen LogP contribution in [-0.4, -0.2) is 10.3 Å². The fourth-order valence-electron chi connectivity index (χ4n) is 3.23. The van der Waals surface area contributed by atoms with Crippen molar-refractivity contribution >= 4 is 28.5 Å². The molecule has 0 atom stereocenters. The Balaban J connectivity index is 2.18. The van der Waals surface area contributed by atoms with Crippen molar-refractivity contribution in [1.82, 2.24) is 4.57 Å². The van der Waals surface area contributed by atoms with Gasteiger partial charge < -0.3 is 9.29 Å². The number of alkyl halides is 3. The molecule has 0 saturated heterocycles. The van der Waals surface area contributed by atoms with E-state index in [1.54, 1.807) is 16.5 Å². The first-order valence-corrected chi connectivity index (χ1v) is 10.0. The van der Waals surface area contributed by atoms with Gasteiger partial charge in [0.15, 0.2) is 0 Å². The summed E-state index contributed by atoms with van der Waals surface area (Å²) < 4.78 is 44.6. The lowest BCUT2D eigenvalue weighted by molar-refractivity contribution is -0.137. The minimum atomic E-state index is -4.43. The number of anilines is 1. The van der Waals surface area contributed by atoms with E-state index in [4.69, 9.17) is 0 Å². The summed E-state index contributed by atoms with van der Waals surface area (Å²) in [5.74, 6) is 0.961. The summed E-state index contributed by atoms with van der Waals surface area (Å²) in [6.45, 7) is 4.42. The lowest BCUT2D eigenvalue weighted by Gasteiger charge is -2.12. The number of hydrogen-bond donors (Lipinski definition) is 1. The highest BCUT2D eigenvalue weighted by Gasteiger charge is 2.31. The largest absolute Gasteiger partial charge is 0.416 e. The number of nitrogens with one attached hydrogen (secondary N) is 1. The standard InChI is InChI=1S/C21H20F3N3S/c1-3-10-28-26-16-7-5-6-14(11-16)20-18(13-25)17-9-8-15(21(22,23)24)12-19(17)27(20)4-2/h5-9,11-12,26H,3-4,10H2,1-2H3. The fraction of sp³-hybridized carbons (Fsp3) is 0.286. The molecule has 146 valence electrons. The molecule has 7 heteroatoms. The van der Waals surface area contributed by atoms with Gasteiger partial charge in [0.1, 0.15) is 6.07 Å². The molecule has 0 aliphatic heterocycles. The van der Waals surface area contributed by atoms with Crippen LogP contribution in [0.15, 0.2) is 42.5 Å². The predicted molar refractivity (Wildman–Crippen MR) is 109 cm³/mol. The molecule has 3 aromatic rings. The first-order valence-electron chi connectivity index (χ1n) is 9.02. The Hall–Kier alpha value is -2.59. The molecule has 0 spiro atoms. The van der Waals surface area contributed by atoms with Crippen LogP contribution in [0.1, 0.15) is 31.4 Å². The SMILES string of the molecule is CCCSNc1cccc(-c2c(C#N)c3ccc(C(F)(F)F)cc3n2CC)c1. The number of aryl methyl sites for hydroxylation is 1. The molecule has 1 N–H and O–H groups in total. The van der Waals surface area contributed by atoms with Gasteiger partial charge >= 0.3 is 6.18 Å². The van der Waals surface area contributed by atoms with Crippen LogP contribution < -0.4 is 4.72 Å². The zero-order chi connectivity index (χ0) is 20.3. The van der Waals surface area contributed by atoms with Crippen molar-refractivity contribution in [1.29, 1.82) is 5.26 Å². The van der Waals surface area contributed by atoms with Crippen LogP contribution in [0.3, 0.4) is 0 Å². The average molecular weight is 403 g/mol. The molecule has 0 saturated carbocycles. The third-order valence-electron chi connectivity index (χ3n) is 4.45. The Labute approximate surface area is 166 Å². The number of rotatable bonds is 6. The van der Waals surface area contributed by atoms with Crippen LogP contribution in [0.2, 0.25) is 0 Å². The van der Waals surface area contributed by atoms with E-state index >= 15 is 0 Å². The Bertz CT molecular complexity index is 1030. The first-order chi connectivity index (χ1) is 13.4. The fourth-order valence-corrected chi connectivity index (χ4v) is 3.83. The zero-order valence-corrected chi connectivity index (χ0v) is 16.4. The quantitative estimate of drug-likeness (QED) is 0.368. The number of halogens is 3. The maximum atomic E-state index is 13.2. The average Bonchev–Trinajstić information content (AvgIpc) is 3.00. The van der Waals surface area contributed by atoms with Crippen LogP contribution in [0.25, 0.3) is 22.2 Å². The van der Waals surface area contributed by atoms with Gasteiger partial charge in [0.25, 0.3) is 0 Å². The van der Waals surface area contributed by atoms with E-state index in [2.05, 4.69) is 17.7 Å². The van der Waals surface area contributed by atoms with E-state index in [1.165, 1.54) is 6.07 Å². The molecule has 0 amide bonds. The molecule has 3 nitrogen and oxygen atoms in total. The van der Waals surface area contributed by atoms with Crippen LogP contribution >= 0.6 is 11.9 Å². The van der Waals surface area contributed by atoms with Crippen molar-refractivity contribution in [2.45, 2.75) is 33.0 Å². The molecule has 3 rings (SSSR count). The van der Waals surface area contributed by atoms with Gasteiger partial charge in [-0.25, -0.2) is 0 Å². The molecular weight excluding hydrogens is 383 g/mol. The Kier molecular flexibility index (Phi) is 5.90. The summed E-state index contributed by atoms with van der Waals surface area (Å²) in [5.41, 5.74) is 2.43. The normalized spacial score (nSPS) is 11.6. The van der Waals surface area contributed by atoms with Gasteiger partial charge in [0.05, 0.1) is 22.3 Å². The van der Waals surface area contributed by atoms with E-state index in [0.717, 1.165) is 35.6 Å². The number of nitriles is 1. The maximum Gasteiger partial charge on any atom is 0.416 e. The summed E-state index contributed by atoms with van der Waals surface area (Å²) in [4.78, 5) is 0. The Morgan fingerprint density at radius 3 is 2.57 bits per heavy atom. The summed E-state index contributed by atoms with van der Waals surface area (Å²) in [6, 6.07) is 13.4. The van der Waals surface area contributed by atoms with Crippen molar-refractivity contribution in [3.05, 3.63) is 53.6 Å². The van der Waals surface area contributed by atoms with Crippen LogP contribution in [0.5, 0.6) is 0 Å². The zero-order valence-electron chi connectivity index (χ0n) is 15.6. The summed E-state index contributed by atoms with van der Waals surface area (Å²) in [6.07, 6.45) is -3.38. The Morgan fingerprint density at radius 1 is 1.14 bits per heavy atom. The number of hydrogen-bond acceptors (Lipinski definition) is 3. The second kappa shape index (κ2) is 8.19. The molecule has 0 aliphatic rings. The van der Waals surface area contributed by atoms with Gasteiger partial charge in [0.2, 0.25) is 0 Å². The third kappa shape index (κ3) is 3.83. The highest BCUT2D eigenvalue weighted by atomic mass is 32.2. The minimum absolute atomic E-state index is 0.393. The molecule has 0 aliphatic carbocycles. The van der Waals surface area contributed by atoms with Crippen molar-refractivity contribution in [3.8, 4) is 17.3 Å². The number of benzene rings is 2. The van der Waals surface area contributed by atoms with Gasteiger partial charge in [-0.1, -0.05) is 37.1 Å². The van der Waals surface area contributed by atoms with Crippen molar-refractivity contribution in [2.24, 2.45) is 0 Å². The van der Waals surface area contributed by atoms with Gasteiger partial charge in [-0.05, 0) is 37.6 Å². The molecule has 1 heterocycles. The Morgan fingerprint density at radius 2 is 1.93 bits per heavy atom. The molecule has 2 aromatic carbocycles. The number of nitrogens with zero attached hydrogens (tertiary/aromatic N) is 2. The van der Waals surface area contributed by atoms with Gasteiger partial charge in [0, 0.05) is 28.9 Å². The topological polar surface area (TPSA) is 40.8 Å². The van der Waals surface area contributed by atoms with E-state index in [9.17, 15) is 18.4 Å². The van der Waals surface area contributed by atoms with Crippen LogP contribution in [0.4, 0.5) is 18.9 Å². The van der Waals surface area contributed by atoms with Crippen LogP contribution in [0, 0.1) is 11.3 Å². The maximum absolute atomic E-state index is 13.2. The third-order valence-corrected chi connectivity index (χ3v) is 5.44. The second-order valence-electron chi connectivity index (χ2n) is 6.34. The smallest absolute Gasteiger partial charge is 0.340 e.